The van der Waals surface area contributed by atoms with Crippen LogP contribution in [0.15, 0.2) is 48.8 Å². The number of carboxylic acid groups (broad SMARTS) is 1. The van der Waals surface area contributed by atoms with Gasteiger partial charge in [-0.25, -0.2) is 9.59 Å². The minimum absolute atomic E-state index is 0.0414. The molecule has 1 saturated carbocycles. The number of hydrogen-bond acceptors (Lipinski definition) is 6. The molecular weight excluding hydrogens is 402 g/mol. The molecule has 1 aliphatic heterocycles. The molecule has 1 spiro atoms. The second-order valence-electron chi connectivity index (χ2n) is 7.78. The van der Waals surface area contributed by atoms with Crippen molar-refractivity contribution >= 4 is 17.9 Å². The number of hydrogen-bond donors (Lipinski definition) is 3. The van der Waals surface area contributed by atoms with Gasteiger partial charge in [-0.3, -0.25) is 10.3 Å². The third-order valence-electron chi connectivity index (χ3n) is 5.85. The fourth-order valence-electron chi connectivity index (χ4n) is 4.57. The van der Waals surface area contributed by atoms with E-state index >= 15 is 0 Å². The van der Waals surface area contributed by atoms with E-state index in [9.17, 15) is 14.7 Å². The van der Waals surface area contributed by atoms with Gasteiger partial charge in [0.2, 0.25) is 0 Å². The van der Waals surface area contributed by atoms with Gasteiger partial charge < -0.3 is 24.6 Å². The lowest BCUT2D eigenvalue weighted by atomic mass is 9.72. The van der Waals surface area contributed by atoms with Crippen LogP contribution in [0, 0.1) is 5.92 Å². The van der Waals surface area contributed by atoms with E-state index in [1.165, 1.54) is 0 Å². The number of amides is 2. The van der Waals surface area contributed by atoms with Crippen LogP contribution in [0.4, 0.5) is 15.3 Å². The molecular formula is C22H25N3O6. The Morgan fingerprint density at radius 1 is 1.16 bits per heavy atom. The van der Waals surface area contributed by atoms with Crippen molar-refractivity contribution < 1.29 is 28.9 Å². The molecule has 2 heterocycles. The average Bonchev–Trinajstić information content (AvgIpc) is 3.23. The summed E-state index contributed by atoms with van der Waals surface area (Å²) in [5.74, 6) is -0.648. The Labute approximate surface area is 179 Å². The Hall–Kier alpha value is -3.17. The fourth-order valence-corrected chi connectivity index (χ4v) is 4.57. The SMILES string of the molecule is C[C@H]1C[C@H](c2ccncc2NC(=O)Oc2ccccc2)C[C@@H](NC(=O)O)C12OCCO2. The van der Waals surface area contributed by atoms with E-state index in [1.54, 1.807) is 36.7 Å². The number of pyridine rings is 1. The van der Waals surface area contributed by atoms with E-state index in [0.717, 1.165) is 5.56 Å². The molecule has 3 N–H and O–H groups in total. The summed E-state index contributed by atoms with van der Waals surface area (Å²) in [5.41, 5.74) is 1.39. The van der Waals surface area contributed by atoms with Crippen molar-refractivity contribution in [1.29, 1.82) is 0 Å². The first-order chi connectivity index (χ1) is 15.0. The number of rotatable bonds is 4. The topological polar surface area (TPSA) is 119 Å². The fraction of sp³-hybridized carbons (Fsp3) is 0.409. The van der Waals surface area contributed by atoms with Crippen LogP contribution in [0.25, 0.3) is 0 Å². The summed E-state index contributed by atoms with van der Waals surface area (Å²) >= 11 is 0. The van der Waals surface area contributed by atoms with Crippen molar-refractivity contribution in [3.63, 3.8) is 0 Å². The Bertz CT molecular complexity index is 932. The number of nitrogens with zero attached hydrogens (tertiary/aromatic N) is 1. The van der Waals surface area contributed by atoms with Gasteiger partial charge in [0.05, 0.1) is 31.1 Å². The minimum Gasteiger partial charge on any atom is -0.465 e. The molecule has 1 saturated heterocycles. The van der Waals surface area contributed by atoms with Gasteiger partial charge in [0.25, 0.3) is 0 Å². The maximum atomic E-state index is 12.4. The number of ether oxygens (including phenoxy) is 3. The van der Waals surface area contributed by atoms with Crippen molar-refractivity contribution in [2.24, 2.45) is 5.92 Å². The highest BCUT2D eigenvalue weighted by Crippen LogP contribution is 2.47. The molecule has 3 atom stereocenters. The largest absolute Gasteiger partial charge is 0.465 e. The molecule has 31 heavy (non-hydrogen) atoms. The molecule has 9 nitrogen and oxygen atoms in total. The minimum atomic E-state index is -1.13. The molecule has 2 aromatic rings. The molecule has 2 amide bonds. The van der Waals surface area contributed by atoms with Crippen molar-refractivity contribution in [2.75, 3.05) is 18.5 Å². The van der Waals surface area contributed by atoms with Crippen molar-refractivity contribution in [1.82, 2.24) is 10.3 Å². The maximum absolute atomic E-state index is 12.4. The molecule has 0 bridgehead atoms. The maximum Gasteiger partial charge on any atom is 0.417 e. The normalized spacial score (nSPS) is 24.5. The first-order valence-corrected chi connectivity index (χ1v) is 10.2. The van der Waals surface area contributed by atoms with E-state index < -0.39 is 24.0 Å². The third kappa shape index (κ3) is 4.47. The van der Waals surface area contributed by atoms with Gasteiger partial charge >= 0.3 is 12.2 Å². The summed E-state index contributed by atoms with van der Waals surface area (Å²) in [5, 5.41) is 14.7. The molecule has 1 aromatic carbocycles. The van der Waals surface area contributed by atoms with E-state index in [2.05, 4.69) is 15.6 Å². The van der Waals surface area contributed by atoms with Crippen molar-refractivity contribution in [3.05, 3.63) is 54.4 Å². The van der Waals surface area contributed by atoms with Crippen LogP contribution in [0.3, 0.4) is 0 Å². The van der Waals surface area contributed by atoms with E-state index in [-0.39, 0.29) is 11.8 Å². The molecule has 1 aromatic heterocycles. The quantitative estimate of drug-likeness (QED) is 0.682. The highest BCUT2D eigenvalue weighted by atomic mass is 16.7. The van der Waals surface area contributed by atoms with Crippen LogP contribution in [0.1, 0.15) is 31.2 Å². The van der Waals surface area contributed by atoms with Gasteiger partial charge in [0.1, 0.15) is 5.75 Å². The Kier molecular flexibility index (Phi) is 6.06. The number of para-hydroxylation sites is 1. The van der Waals surface area contributed by atoms with Crippen molar-refractivity contribution in [2.45, 2.75) is 37.5 Å². The van der Waals surface area contributed by atoms with Crippen molar-refractivity contribution in [3.8, 4) is 5.75 Å². The molecule has 164 valence electrons. The zero-order chi connectivity index (χ0) is 21.8. The lowest BCUT2D eigenvalue weighted by Gasteiger charge is -2.46. The zero-order valence-electron chi connectivity index (χ0n) is 17.1. The monoisotopic (exact) mass is 427 g/mol. The highest BCUT2D eigenvalue weighted by Gasteiger charge is 2.54. The highest BCUT2D eigenvalue weighted by molar-refractivity contribution is 5.87. The standard InChI is InChI=1S/C22H25N3O6/c1-14-11-15(12-19(25-20(26)27)22(14)29-9-10-30-22)17-7-8-23-13-18(17)24-21(28)31-16-5-3-2-4-6-16/h2-8,13-15,19,25H,9-12H2,1H3,(H,24,28)(H,26,27)/t14-,15-,19+/m0/s1. The van der Waals surface area contributed by atoms with Gasteiger partial charge in [-0.15, -0.1) is 0 Å². The summed E-state index contributed by atoms with van der Waals surface area (Å²) in [4.78, 5) is 28.0. The zero-order valence-corrected chi connectivity index (χ0v) is 17.1. The molecule has 4 rings (SSSR count). The van der Waals surface area contributed by atoms with E-state index in [4.69, 9.17) is 14.2 Å². The molecule has 0 radical (unpaired) electrons. The number of aromatic nitrogens is 1. The van der Waals surface area contributed by atoms with E-state index in [0.29, 0.717) is 37.5 Å². The lowest BCUT2D eigenvalue weighted by Crippen LogP contribution is -2.60. The van der Waals surface area contributed by atoms with E-state index in [1.807, 2.05) is 19.1 Å². The summed E-state index contributed by atoms with van der Waals surface area (Å²) in [7, 11) is 0. The van der Waals surface area contributed by atoms with Crippen LogP contribution >= 0.6 is 0 Å². The van der Waals surface area contributed by atoms with Gasteiger partial charge in [0, 0.05) is 12.1 Å². The molecule has 0 unspecified atom stereocenters. The number of carbonyl (C=O) groups is 2. The summed E-state index contributed by atoms with van der Waals surface area (Å²) in [6, 6.07) is 10.1. The second-order valence-corrected chi connectivity index (χ2v) is 7.78. The summed E-state index contributed by atoms with van der Waals surface area (Å²) < 4.78 is 17.1. The predicted octanol–water partition coefficient (Wildman–Crippen LogP) is 3.59. The van der Waals surface area contributed by atoms with Crippen LogP contribution < -0.4 is 15.4 Å². The molecule has 9 heteroatoms. The summed E-state index contributed by atoms with van der Waals surface area (Å²) in [6.07, 6.45) is 2.63. The first kappa shape index (κ1) is 21.1. The second kappa shape index (κ2) is 8.91. The lowest BCUT2D eigenvalue weighted by molar-refractivity contribution is -0.225. The number of benzene rings is 1. The summed E-state index contributed by atoms with van der Waals surface area (Å²) in [6.45, 7) is 2.85. The van der Waals surface area contributed by atoms with Crippen LogP contribution in [-0.2, 0) is 9.47 Å². The smallest absolute Gasteiger partial charge is 0.417 e. The van der Waals surface area contributed by atoms with Crippen LogP contribution in [0.2, 0.25) is 0 Å². The first-order valence-electron chi connectivity index (χ1n) is 10.2. The predicted molar refractivity (Wildman–Crippen MR) is 111 cm³/mol. The van der Waals surface area contributed by atoms with Gasteiger partial charge in [-0.2, -0.15) is 0 Å². The van der Waals surface area contributed by atoms with Crippen LogP contribution in [0.5, 0.6) is 5.75 Å². The Morgan fingerprint density at radius 3 is 2.61 bits per heavy atom. The van der Waals surface area contributed by atoms with Crippen LogP contribution in [-0.4, -0.2) is 47.3 Å². The molecule has 1 aliphatic carbocycles. The molecule has 2 fully saturated rings. The third-order valence-corrected chi connectivity index (χ3v) is 5.85. The van der Waals surface area contributed by atoms with Gasteiger partial charge in [-0.1, -0.05) is 25.1 Å². The number of carbonyl (C=O) groups excluding carboxylic acids is 1. The number of nitrogens with one attached hydrogen (secondary N) is 2. The molecule has 2 aliphatic rings. The number of anilines is 1. The van der Waals surface area contributed by atoms with Gasteiger partial charge in [0.15, 0.2) is 5.79 Å². The Morgan fingerprint density at radius 2 is 1.90 bits per heavy atom. The average molecular weight is 427 g/mol. The van der Waals surface area contributed by atoms with Gasteiger partial charge in [-0.05, 0) is 42.5 Å². The Balaban J connectivity index is 1.54.